The van der Waals surface area contributed by atoms with E-state index in [4.69, 9.17) is 4.78 Å². The van der Waals surface area contributed by atoms with Crippen LogP contribution < -0.4 is 0 Å². The van der Waals surface area contributed by atoms with Gasteiger partial charge in [-0.25, -0.2) is 13.4 Å². The molecule has 0 spiro atoms. The molecule has 0 saturated carbocycles. The van der Waals surface area contributed by atoms with Gasteiger partial charge in [0.25, 0.3) is 0 Å². The van der Waals surface area contributed by atoms with Crippen LogP contribution in [0.1, 0.15) is 0 Å². The van der Waals surface area contributed by atoms with Crippen LogP contribution in [0.4, 0.5) is 4.39 Å². The standard InChI is InChI=1S/C7H7BrFNOS/c1-12(10,11)7-3-2-5(8)4-6(7)9/h2-4,10H,1H3. The Morgan fingerprint density at radius 3 is 2.58 bits per heavy atom. The van der Waals surface area contributed by atoms with E-state index in [-0.39, 0.29) is 4.90 Å². The molecule has 0 saturated heterocycles. The van der Waals surface area contributed by atoms with Crippen molar-refractivity contribution < 1.29 is 8.60 Å². The highest BCUT2D eigenvalue weighted by Crippen LogP contribution is 2.19. The zero-order valence-electron chi connectivity index (χ0n) is 6.30. The fourth-order valence-electron chi connectivity index (χ4n) is 0.791. The predicted molar refractivity (Wildman–Crippen MR) is 49.2 cm³/mol. The maximum Gasteiger partial charge on any atom is 0.141 e. The van der Waals surface area contributed by atoms with Crippen molar-refractivity contribution in [3.05, 3.63) is 28.5 Å². The molecule has 0 radical (unpaired) electrons. The first-order valence-electron chi connectivity index (χ1n) is 3.10. The molecule has 2 nitrogen and oxygen atoms in total. The maximum atomic E-state index is 13.0. The van der Waals surface area contributed by atoms with E-state index in [1.807, 2.05) is 0 Å². The Labute approximate surface area is 78.9 Å². The van der Waals surface area contributed by atoms with Crippen molar-refractivity contribution in [3.63, 3.8) is 0 Å². The monoisotopic (exact) mass is 251 g/mol. The molecule has 0 aliphatic rings. The lowest BCUT2D eigenvalue weighted by Crippen LogP contribution is -1.98. The third-order valence-corrected chi connectivity index (χ3v) is 2.98. The van der Waals surface area contributed by atoms with Crippen LogP contribution >= 0.6 is 15.9 Å². The number of hydrogen-bond donors (Lipinski definition) is 1. The van der Waals surface area contributed by atoms with E-state index < -0.39 is 15.5 Å². The summed E-state index contributed by atoms with van der Waals surface area (Å²) in [6, 6.07) is 4.12. The Morgan fingerprint density at radius 1 is 1.58 bits per heavy atom. The summed E-state index contributed by atoms with van der Waals surface area (Å²) in [5.74, 6) is -0.605. The average Bonchev–Trinajstić information content (AvgIpc) is 1.83. The third-order valence-electron chi connectivity index (χ3n) is 1.31. The number of rotatable bonds is 1. The first-order chi connectivity index (χ1) is 5.41. The molecule has 0 aromatic heterocycles. The minimum absolute atomic E-state index is 0.0503. The maximum absolute atomic E-state index is 13.0. The molecule has 5 heteroatoms. The molecular formula is C7H7BrFNOS. The molecule has 0 aliphatic heterocycles. The number of nitrogens with one attached hydrogen (secondary N) is 1. The Hall–Kier alpha value is -0.420. The summed E-state index contributed by atoms with van der Waals surface area (Å²) in [7, 11) is -2.95. The molecule has 1 rings (SSSR count). The number of benzene rings is 1. The van der Waals surface area contributed by atoms with Crippen LogP contribution in [0.15, 0.2) is 27.6 Å². The molecule has 1 aromatic carbocycles. The number of halogens is 2. The lowest BCUT2D eigenvalue weighted by atomic mass is 10.3. The first-order valence-corrected chi connectivity index (χ1v) is 5.86. The lowest BCUT2D eigenvalue weighted by molar-refractivity contribution is 0.593. The second-order valence-corrected chi connectivity index (χ2v) is 5.46. The first kappa shape index (κ1) is 9.67. The van der Waals surface area contributed by atoms with E-state index in [2.05, 4.69) is 15.9 Å². The Morgan fingerprint density at radius 2 is 2.17 bits per heavy atom. The third kappa shape index (κ3) is 2.04. The van der Waals surface area contributed by atoms with Gasteiger partial charge in [0.1, 0.15) is 5.82 Å². The van der Waals surface area contributed by atoms with Gasteiger partial charge in [-0.05, 0) is 18.2 Å². The Balaban J connectivity index is 3.39. The fourth-order valence-corrected chi connectivity index (χ4v) is 1.88. The van der Waals surface area contributed by atoms with Gasteiger partial charge < -0.3 is 0 Å². The van der Waals surface area contributed by atoms with E-state index in [0.717, 1.165) is 0 Å². The molecule has 66 valence electrons. The smallest absolute Gasteiger partial charge is 0.141 e. The highest BCUT2D eigenvalue weighted by molar-refractivity contribution is 9.10. The molecule has 0 amide bonds. The number of hydrogen-bond acceptors (Lipinski definition) is 2. The molecule has 1 atom stereocenters. The molecule has 0 fully saturated rings. The molecule has 0 aliphatic carbocycles. The summed E-state index contributed by atoms with van der Waals surface area (Å²) in [5, 5.41) is 0. The zero-order valence-corrected chi connectivity index (χ0v) is 8.71. The summed E-state index contributed by atoms with van der Waals surface area (Å²) in [5.41, 5.74) is 0. The molecule has 12 heavy (non-hydrogen) atoms. The molecule has 1 unspecified atom stereocenters. The van der Waals surface area contributed by atoms with E-state index in [9.17, 15) is 8.60 Å². The predicted octanol–water partition coefficient (Wildman–Crippen LogP) is 2.62. The van der Waals surface area contributed by atoms with Crippen molar-refractivity contribution in [1.29, 1.82) is 4.78 Å². The van der Waals surface area contributed by atoms with Gasteiger partial charge in [0.05, 0.1) is 14.6 Å². The van der Waals surface area contributed by atoms with Gasteiger partial charge in [-0.3, -0.25) is 0 Å². The van der Waals surface area contributed by atoms with E-state index >= 15 is 0 Å². The van der Waals surface area contributed by atoms with Gasteiger partial charge in [-0.2, -0.15) is 0 Å². The largest absolute Gasteiger partial charge is 0.249 e. The van der Waals surface area contributed by atoms with Gasteiger partial charge in [0, 0.05) is 10.7 Å². The quantitative estimate of drug-likeness (QED) is 0.820. The van der Waals surface area contributed by atoms with Gasteiger partial charge in [0.2, 0.25) is 0 Å². The van der Waals surface area contributed by atoms with Gasteiger partial charge in [-0.1, -0.05) is 15.9 Å². The highest BCUT2D eigenvalue weighted by atomic mass is 79.9. The van der Waals surface area contributed by atoms with Crippen LogP contribution in [-0.2, 0) is 9.73 Å². The van der Waals surface area contributed by atoms with E-state index in [0.29, 0.717) is 4.47 Å². The molecule has 0 bridgehead atoms. The molecule has 0 heterocycles. The molecule has 1 N–H and O–H groups in total. The van der Waals surface area contributed by atoms with Crippen LogP contribution in [0.3, 0.4) is 0 Å². The summed E-state index contributed by atoms with van der Waals surface area (Å²) in [4.78, 5) is -0.0503. The SMILES string of the molecule is CS(=N)(=O)c1ccc(Br)cc1F. The van der Waals surface area contributed by atoms with Gasteiger partial charge in [-0.15, -0.1) is 0 Å². The highest BCUT2D eigenvalue weighted by Gasteiger charge is 2.09. The molecule has 1 aromatic rings. The average molecular weight is 252 g/mol. The zero-order chi connectivity index (χ0) is 9.35. The summed E-state index contributed by atoms with van der Waals surface area (Å²) >= 11 is 3.07. The van der Waals surface area contributed by atoms with E-state index in [1.165, 1.54) is 18.4 Å². The van der Waals surface area contributed by atoms with Crippen molar-refractivity contribution in [3.8, 4) is 0 Å². The van der Waals surface area contributed by atoms with Gasteiger partial charge >= 0.3 is 0 Å². The Kier molecular flexibility index (Phi) is 2.53. The Bertz CT molecular complexity index is 402. The van der Waals surface area contributed by atoms with Crippen LogP contribution in [-0.4, -0.2) is 10.5 Å². The minimum Gasteiger partial charge on any atom is -0.249 e. The topological polar surface area (TPSA) is 40.9 Å². The van der Waals surface area contributed by atoms with Crippen LogP contribution in [0, 0.1) is 10.6 Å². The van der Waals surface area contributed by atoms with Crippen LogP contribution in [0.2, 0.25) is 0 Å². The van der Waals surface area contributed by atoms with Crippen molar-refractivity contribution in [2.24, 2.45) is 0 Å². The molecular weight excluding hydrogens is 245 g/mol. The second kappa shape index (κ2) is 3.14. The van der Waals surface area contributed by atoms with E-state index in [1.54, 1.807) is 6.07 Å². The van der Waals surface area contributed by atoms with Crippen LogP contribution in [0.25, 0.3) is 0 Å². The van der Waals surface area contributed by atoms with Crippen molar-refractivity contribution in [2.45, 2.75) is 4.90 Å². The summed E-state index contributed by atoms with van der Waals surface area (Å²) in [6.45, 7) is 0. The van der Waals surface area contributed by atoms with Gasteiger partial charge in [0.15, 0.2) is 0 Å². The van der Waals surface area contributed by atoms with Crippen molar-refractivity contribution >= 4 is 25.7 Å². The summed E-state index contributed by atoms with van der Waals surface area (Å²) < 4.78 is 31.9. The summed E-state index contributed by atoms with van der Waals surface area (Å²) in [6.07, 6.45) is 1.19. The lowest BCUT2D eigenvalue weighted by Gasteiger charge is -2.02. The fraction of sp³-hybridized carbons (Fsp3) is 0.143. The van der Waals surface area contributed by atoms with Crippen molar-refractivity contribution in [2.75, 3.05) is 6.26 Å². The van der Waals surface area contributed by atoms with Crippen LogP contribution in [0.5, 0.6) is 0 Å². The normalized spacial score (nSPS) is 15.6. The minimum atomic E-state index is -2.95. The second-order valence-electron chi connectivity index (χ2n) is 2.42. The van der Waals surface area contributed by atoms with Crippen molar-refractivity contribution in [1.82, 2.24) is 0 Å².